The van der Waals surface area contributed by atoms with E-state index in [9.17, 15) is 9.35 Å². The number of rotatable bonds is 1. The van der Waals surface area contributed by atoms with Crippen molar-refractivity contribution in [3.8, 4) is 17.0 Å². The van der Waals surface area contributed by atoms with Crippen LogP contribution in [0.4, 0.5) is 11.4 Å². The molecule has 1 atom stereocenters. The highest BCUT2D eigenvalue weighted by Crippen LogP contribution is 2.35. The summed E-state index contributed by atoms with van der Waals surface area (Å²) in [6, 6.07) is 17.2. The van der Waals surface area contributed by atoms with Crippen molar-refractivity contribution in [3.05, 3.63) is 72.6 Å². The van der Waals surface area contributed by atoms with Crippen LogP contribution in [0.15, 0.2) is 71.9 Å². The van der Waals surface area contributed by atoms with Gasteiger partial charge in [-0.3, -0.25) is 9.78 Å². The molecule has 3 aliphatic rings. The summed E-state index contributed by atoms with van der Waals surface area (Å²) in [6.07, 6.45) is 5.63. The Morgan fingerprint density at radius 2 is 1.87 bits per heavy atom. The highest BCUT2D eigenvalue weighted by Gasteiger charge is 2.25. The Labute approximate surface area is 225 Å². The minimum Gasteiger partial charge on any atom is -0.588 e. The predicted molar refractivity (Wildman–Crippen MR) is 150 cm³/mol. The van der Waals surface area contributed by atoms with Gasteiger partial charge in [0, 0.05) is 67.3 Å². The van der Waals surface area contributed by atoms with Crippen LogP contribution in [0.25, 0.3) is 22.0 Å². The number of anilines is 2. The van der Waals surface area contributed by atoms with Crippen LogP contribution in [-0.2, 0) is 11.4 Å². The summed E-state index contributed by atoms with van der Waals surface area (Å²) in [6.45, 7) is 2.53. The van der Waals surface area contributed by atoms with Crippen molar-refractivity contribution in [2.45, 2.75) is 17.7 Å². The lowest BCUT2D eigenvalue weighted by atomic mass is 9.95. The first-order chi connectivity index (χ1) is 18.5. The average Bonchev–Trinajstić information content (AvgIpc) is 2.96. The van der Waals surface area contributed by atoms with E-state index in [1.165, 1.54) is 7.11 Å². The van der Waals surface area contributed by atoms with Gasteiger partial charge in [-0.15, -0.1) is 0 Å². The summed E-state index contributed by atoms with van der Waals surface area (Å²) in [5.74, 6) is 0.688. The number of benzene rings is 2. The molecule has 5 heterocycles. The van der Waals surface area contributed by atoms with Crippen molar-refractivity contribution in [1.29, 1.82) is 0 Å². The van der Waals surface area contributed by atoms with E-state index < -0.39 is 11.4 Å². The molecule has 1 N–H and O–H groups in total. The number of amides is 1. The van der Waals surface area contributed by atoms with Crippen LogP contribution >= 0.6 is 0 Å². The van der Waals surface area contributed by atoms with Crippen molar-refractivity contribution >= 4 is 39.5 Å². The molecule has 8 nitrogen and oxygen atoms in total. The van der Waals surface area contributed by atoms with Gasteiger partial charge in [0.05, 0.1) is 12.6 Å². The maximum atomic E-state index is 13.4. The molecule has 7 rings (SSSR count). The molecule has 1 amide bonds. The maximum absolute atomic E-state index is 13.4. The number of ether oxygens (including phenoxy) is 1. The number of carbonyl (C=O) groups excluding carboxylic acids is 1. The van der Waals surface area contributed by atoms with Gasteiger partial charge in [-0.25, -0.2) is 4.98 Å². The minimum absolute atomic E-state index is 0.0719. The zero-order valence-corrected chi connectivity index (χ0v) is 22.2. The fourth-order valence-electron chi connectivity index (χ4n) is 5.38. The molecule has 0 saturated carbocycles. The standard InChI is InChI=1S/C29H29N5O3S/c1-33-18-19-9-12-34(13-10-19)27-8-11-30-25-7-6-20(15-24(25)27)22-16-26(28(37-2)31-17-22)32-38(36)23-5-3-4-21(14-23)29(33)35/h3-8,11,14-17,19,32H,9-10,12-13,18H2,1-2H3. The zero-order chi connectivity index (χ0) is 26.2. The van der Waals surface area contributed by atoms with Crippen LogP contribution in [0.5, 0.6) is 5.88 Å². The Morgan fingerprint density at radius 1 is 1.03 bits per heavy atom. The molecule has 9 heteroatoms. The molecule has 38 heavy (non-hydrogen) atoms. The second kappa shape index (κ2) is 10.2. The van der Waals surface area contributed by atoms with Crippen LogP contribution in [0, 0.1) is 5.92 Å². The van der Waals surface area contributed by atoms with E-state index >= 15 is 0 Å². The van der Waals surface area contributed by atoms with Crippen molar-refractivity contribution in [2.75, 3.05) is 43.4 Å². The molecule has 3 aliphatic heterocycles. The zero-order valence-electron chi connectivity index (χ0n) is 21.4. The molecule has 1 unspecified atom stereocenters. The number of hydrogen-bond donors (Lipinski definition) is 1. The van der Waals surface area contributed by atoms with Crippen LogP contribution in [0.2, 0.25) is 0 Å². The molecular weight excluding hydrogens is 498 g/mol. The Hall–Kier alpha value is -3.82. The number of carbonyl (C=O) groups is 1. The predicted octanol–water partition coefficient (Wildman–Crippen LogP) is 4.74. The summed E-state index contributed by atoms with van der Waals surface area (Å²) in [5.41, 5.74) is 4.97. The lowest BCUT2D eigenvalue weighted by Crippen LogP contribution is -2.39. The summed E-state index contributed by atoms with van der Waals surface area (Å²) in [5, 5.41) is 1.08. The lowest BCUT2D eigenvalue weighted by molar-refractivity contribution is 0.0764. The number of hydrogen-bond acceptors (Lipinski definition) is 7. The fourth-order valence-corrected chi connectivity index (χ4v) is 6.28. The largest absolute Gasteiger partial charge is 0.588 e. The summed E-state index contributed by atoms with van der Waals surface area (Å²) < 4.78 is 21.9. The number of piperidine rings is 1. The SMILES string of the molecule is COc1ncc2cc1N[S+]([O-])c1cccc(c1)C(=O)N(C)CC1CCN(CC1)c1ccnc3ccc-2cc13. The molecule has 2 aromatic heterocycles. The Balaban J connectivity index is 1.47. The van der Waals surface area contributed by atoms with Gasteiger partial charge in [0.1, 0.15) is 17.0 Å². The van der Waals surface area contributed by atoms with Crippen LogP contribution in [0.3, 0.4) is 0 Å². The van der Waals surface area contributed by atoms with Gasteiger partial charge in [-0.2, -0.15) is 4.72 Å². The molecule has 0 aliphatic carbocycles. The van der Waals surface area contributed by atoms with E-state index in [1.54, 1.807) is 35.4 Å². The molecular formula is C29H29N5O3S. The monoisotopic (exact) mass is 527 g/mol. The number of nitrogens with one attached hydrogen (secondary N) is 1. The second-order valence-corrected chi connectivity index (χ2v) is 11.1. The van der Waals surface area contributed by atoms with Gasteiger partial charge in [-0.1, -0.05) is 12.1 Å². The van der Waals surface area contributed by atoms with Gasteiger partial charge in [-0.05, 0) is 60.7 Å². The van der Waals surface area contributed by atoms with E-state index in [0.717, 1.165) is 53.6 Å². The first-order valence-corrected chi connectivity index (χ1v) is 13.9. The highest BCUT2D eigenvalue weighted by molar-refractivity contribution is 7.92. The van der Waals surface area contributed by atoms with Gasteiger partial charge >= 0.3 is 0 Å². The fraction of sp³-hybridized carbons (Fsp3) is 0.276. The summed E-state index contributed by atoms with van der Waals surface area (Å²) in [7, 11) is 3.38. The van der Waals surface area contributed by atoms with E-state index in [0.29, 0.717) is 34.5 Å². The third-order valence-electron chi connectivity index (χ3n) is 7.43. The number of pyridine rings is 2. The van der Waals surface area contributed by atoms with Gasteiger partial charge in [0.15, 0.2) is 4.90 Å². The van der Waals surface area contributed by atoms with Crippen molar-refractivity contribution < 1.29 is 14.1 Å². The third-order valence-corrected chi connectivity index (χ3v) is 8.52. The van der Waals surface area contributed by atoms with Gasteiger partial charge in [0.2, 0.25) is 5.88 Å². The Bertz CT molecular complexity index is 1510. The van der Waals surface area contributed by atoms with Crippen LogP contribution in [0.1, 0.15) is 23.2 Å². The number of nitrogens with zero attached hydrogens (tertiary/aromatic N) is 4. The molecule has 0 spiro atoms. The van der Waals surface area contributed by atoms with E-state index in [-0.39, 0.29) is 5.91 Å². The normalized spacial score (nSPS) is 19.6. The molecule has 2 aromatic carbocycles. The molecule has 1 saturated heterocycles. The van der Waals surface area contributed by atoms with Gasteiger partial charge < -0.3 is 19.1 Å². The van der Waals surface area contributed by atoms with Crippen molar-refractivity contribution in [1.82, 2.24) is 14.9 Å². The minimum atomic E-state index is -1.63. The number of methoxy groups -OCH3 is 1. The third kappa shape index (κ3) is 4.63. The maximum Gasteiger partial charge on any atom is 0.253 e. The van der Waals surface area contributed by atoms with E-state index in [2.05, 4.69) is 31.7 Å². The second-order valence-electron chi connectivity index (χ2n) is 9.86. The topological polar surface area (TPSA) is 93.6 Å². The molecule has 4 aromatic rings. The number of aromatic nitrogens is 2. The van der Waals surface area contributed by atoms with Crippen molar-refractivity contribution in [3.63, 3.8) is 0 Å². The Morgan fingerprint density at radius 3 is 2.68 bits per heavy atom. The first kappa shape index (κ1) is 24.5. The molecule has 0 radical (unpaired) electrons. The molecule has 1 fully saturated rings. The Kier molecular flexibility index (Phi) is 6.55. The molecule has 8 bridgehead atoms. The first-order valence-electron chi connectivity index (χ1n) is 12.7. The van der Waals surface area contributed by atoms with Gasteiger partial charge in [0.25, 0.3) is 5.91 Å². The number of fused-ring (bicyclic) bond motifs is 5. The lowest BCUT2D eigenvalue weighted by Gasteiger charge is -2.35. The average molecular weight is 528 g/mol. The van der Waals surface area contributed by atoms with Crippen molar-refractivity contribution in [2.24, 2.45) is 5.92 Å². The summed E-state index contributed by atoms with van der Waals surface area (Å²) in [4.78, 5) is 27.1. The highest BCUT2D eigenvalue weighted by atomic mass is 32.2. The summed E-state index contributed by atoms with van der Waals surface area (Å²) >= 11 is -1.63. The smallest absolute Gasteiger partial charge is 0.253 e. The van der Waals surface area contributed by atoms with Crippen LogP contribution < -0.4 is 14.4 Å². The van der Waals surface area contributed by atoms with E-state index in [1.807, 2.05) is 31.4 Å². The quantitative estimate of drug-likeness (QED) is 0.357. The van der Waals surface area contributed by atoms with E-state index in [4.69, 9.17) is 4.74 Å². The van der Waals surface area contributed by atoms with Crippen LogP contribution in [-0.4, -0.2) is 59.1 Å². The molecule has 194 valence electrons.